The molecule has 1 amide bonds. The zero-order chi connectivity index (χ0) is 21.6. The maximum Gasteiger partial charge on any atom is 0.242 e. The summed E-state index contributed by atoms with van der Waals surface area (Å²) in [5, 5.41) is 2.43. The number of nitrogens with one attached hydrogen (secondary N) is 2. The molecule has 2 N–H and O–H groups in total. The molecule has 2 saturated carbocycles. The summed E-state index contributed by atoms with van der Waals surface area (Å²) < 4.78 is 0. The molecule has 0 aromatic heterocycles. The monoisotopic (exact) mass is 453 g/mol. The zero-order valence-electron chi connectivity index (χ0n) is 19.5. The number of rotatable bonds is 7. The summed E-state index contributed by atoms with van der Waals surface area (Å²) in [6.07, 6.45) is 14.5. The lowest BCUT2D eigenvalue weighted by atomic mass is 9.88. The van der Waals surface area contributed by atoms with Crippen molar-refractivity contribution >= 4 is 17.5 Å². The van der Waals surface area contributed by atoms with Crippen molar-refractivity contribution in [1.29, 1.82) is 0 Å². The number of alkyl halides is 1. The van der Waals surface area contributed by atoms with Crippen LogP contribution >= 0.6 is 11.6 Å². The van der Waals surface area contributed by atoms with E-state index in [4.69, 9.17) is 11.6 Å². The van der Waals surface area contributed by atoms with E-state index < -0.39 is 0 Å². The quantitative estimate of drug-likeness (QED) is 0.579. The zero-order valence-corrected chi connectivity index (χ0v) is 20.3. The highest BCUT2D eigenvalue weighted by molar-refractivity contribution is 6.20. The Bertz CT molecular complexity index is 564. The first-order valence-corrected chi connectivity index (χ1v) is 13.4. The van der Waals surface area contributed by atoms with E-state index in [-0.39, 0.29) is 17.3 Å². The minimum atomic E-state index is -0.159. The molecule has 0 radical (unpaired) electrons. The Morgan fingerprint density at radius 1 is 0.935 bits per heavy atom. The van der Waals surface area contributed by atoms with Gasteiger partial charge in [-0.15, -0.1) is 11.6 Å². The van der Waals surface area contributed by atoms with Gasteiger partial charge in [0.25, 0.3) is 0 Å². The molecule has 4 aliphatic rings. The van der Waals surface area contributed by atoms with Crippen LogP contribution in [0.2, 0.25) is 0 Å². The predicted molar refractivity (Wildman–Crippen MR) is 127 cm³/mol. The molecule has 0 aromatic carbocycles. The summed E-state index contributed by atoms with van der Waals surface area (Å²) in [5.74, 6) is 2.31. The molecule has 2 saturated heterocycles. The molecule has 0 aromatic rings. The number of carbonyl (C=O) groups excluding carboxylic acids is 1. The molecule has 4 fully saturated rings. The highest BCUT2D eigenvalue weighted by Crippen LogP contribution is 2.29. The van der Waals surface area contributed by atoms with Crippen LogP contribution in [0, 0.1) is 17.8 Å². The molecule has 3 atom stereocenters. The van der Waals surface area contributed by atoms with Crippen LogP contribution in [0.4, 0.5) is 0 Å². The second-order valence-electron chi connectivity index (χ2n) is 10.7. The Morgan fingerprint density at radius 3 is 2.39 bits per heavy atom. The molecule has 2 heterocycles. The SMILES string of the molecule is CN(CC1CCN(CC2CCCCC2)CC1)C(=O)C1CN(CC2CCCCC2Cl)NN1. The lowest BCUT2D eigenvalue weighted by molar-refractivity contribution is -0.132. The fourth-order valence-corrected chi connectivity index (χ4v) is 6.58. The number of hydrogen-bond donors (Lipinski definition) is 2. The van der Waals surface area contributed by atoms with Crippen LogP contribution in [0.15, 0.2) is 0 Å². The molecule has 31 heavy (non-hydrogen) atoms. The molecule has 3 unspecified atom stereocenters. The Morgan fingerprint density at radius 2 is 1.65 bits per heavy atom. The van der Waals surface area contributed by atoms with Crippen molar-refractivity contribution in [3.63, 3.8) is 0 Å². The van der Waals surface area contributed by atoms with Crippen LogP contribution in [0.3, 0.4) is 0 Å². The van der Waals surface area contributed by atoms with Crippen LogP contribution in [-0.2, 0) is 4.79 Å². The van der Waals surface area contributed by atoms with Gasteiger partial charge in [-0.05, 0) is 69.4 Å². The Labute approximate surface area is 194 Å². The topological polar surface area (TPSA) is 50.9 Å². The molecule has 0 spiro atoms. The number of hydrazine groups is 2. The van der Waals surface area contributed by atoms with Crippen LogP contribution < -0.4 is 11.0 Å². The molecule has 2 aliphatic carbocycles. The summed E-state index contributed by atoms with van der Waals surface area (Å²) in [5.41, 5.74) is 6.44. The number of likely N-dealkylation sites (N-methyl/N-ethyl adjacent to an activating group) is 1. The molecule has 0 bridgehead atoms. The van der Waals surface area contributed by atoms with Gasteiger partial charge in [-0.25, -0.2) is 10.4 Å². The highest BCUT2D eigenvalue weighted by atomic mass is 35.5. The van der Waals surface area contributed by atoms with E-state index in [0.717, 1.165) is 32.0 Å². The van der Waals surface area contributed by atoms with E-state index in [1.165, 1.54) is 83.8 Å². The smallest absolute Gasteiger partial charge is 0.242 e. The maximum atomic E-state index is 13.0. The van der Waals surface area contributed by atoms with E-state index in [2.05, 4.69) is 20.9 Å². The molecular weight excluding hydrogens is 410 g/mol. The van der Waals surface area contributed by atoms with Crippen molar-refractivity contribution in [2.75, 3.05) is 46.3 Å². The maximum absolute atomic E-state index is 13.0. The molecule has 2 aliphatic heterocycles. The molecular formula is C24H44ClN5O. The first kappa shape index (κ1) is 23.7. The minimum Gasteiger partial charge on any atom is -0.344 e. The van der Waals surface area contributed by atoms with Crippen LogP contribution in [0.5, 0.6) is 0 Å². The molecule has 6 nitrogen and oxygen atoms in total. The standard InChI is InChI=1S/C24H44ClN5O/c1-28(15-20-11-13-29(14-12-20)16-19-7-3-2-4-8-19)24(31)23-18-30(27-26-23)17-21-9-5-6-10-22(21)25/h19-23,26-27H,2-18H2,1H3. The van der Waals surface area contributed by atoms with Gasteiger partial charge in [-0.1, -0.05) is 32.1 Å². The Balaban J connectivity index is 1.14. The summed E-state index contributed by atoms with van der Waals surface area (Å²) >= 11 is 6.53. The third kappa shape index (κ3) is 6.80. The number of carbonyl (C=O) groups is 1. The van der Waals surface area contributed by atoms with E-state index >= 15 is 0 Å². The van der Waals surface area contributed by atoms with E-state index in [1.54, 1.807) is 0 Å². The second-order valence-corrected chi connectivity index (χ2v) is 11.3. The van der Waals surface area contributed by atoms with Gasteiger partial charge in [0.15, 0.2) is 0 Å². The summed E-state index contributed by atoms with van der Waals surface area (Å²) in [7, 11) is 1.98. The van der Waals surface area contributed by atoms with Gasteiger partial charge in [0, 0.05) is 38.6 Å². The minimum absolute atomic E-state index is 0.159. The number of hydrogen-bond acceptors (Lipinski definition) is 5. The van der Waals surface area contributed by atoms with Crippen molar-refractivity contribution in [2.45, 2.75) is 82.0 Å². The first-order valence-electron chi connectivity index (χ1n) is 13.0. The van der Waals surface area contributed by atoms with E-state index in [0.29, 0.717) is 11.8 Å². The number of amides is 1. The third-order valence-corrected chi connectivity index (χ3v) is 8.80. The van der Waals surface area contributed by atoms with Crippen molar-refractivity contribution in [2.24, 2.45) is 17.8 Å². The van der Waals surface area contributed by atoms with Crippen molar-refractivity contribution in [1.82, 2.24) is 25.8 Å². The third-order valence-electron chi connectivity index (χ3n) is 8.23. The fourth-order valence-electron chi connectivity index (χ4n) is 6.22. The average Bonchev–Trinajstić information content (AvgIpc) is 3.25. The predicted octanol–water partition coefficient (Wildman–Crippen LogP) is 3.23. The van der Waals surface area contributed by atoms with Gasteiger partial charge in [0.05, 0.1) is 0 Å². The first-order chi connectivity index (χ1) is 15.1. The lowest BCUT2D eigenvalue weighted by Gasteiger charge is -2.36. The van der Waals surface area contributed by atoms with E-state index in [9.17, 15) is 4.79 Å². The van der Waals surface area contributed by atoms with Crippen molar-refractivity contribution < 1.29 is 4.79 Å². The van der Waals surface area contributed by atoms with Gasteiger partial charge in [-0.3, -0.25) is 4.79 Å². The van der Waals surface area contributed by atoms with Crippen molar-refractivity contribution in [3.8, 4) is 0 Å². The van der Waals surface area contributed by atoms with Gasteiger partial charge in [0.1, 0.15) is 6.04 Å². The van der Waals surface area contributed by atoms with Crippen molar-refractivity contribution in [3.05, 3.63) is 0 Å². The molecule has 7 heteroatoms. The largest absolute Gasteiger partial charge is 0.344 e. The lowest BCUT2D eigenvalue weighted by Crippen LogP contribution is -2.47. The fraction of sp³-hybridized carbons (Fsp3) is 0.958. The molecule has 4 rings (SSSR count). The van der Waals surface area contributed by atoms with E-state index in [1.807, 2.05) is 11.9 Å². The van der Waals surface area contributed by atoms with Gasteiger partial charge in [0.2, 0.25) is 5.91 Å². The number of piperidine rings is 1. The number of nitrogens with zero attached hydrogens (tertiary/aromatic N) is 3. The average molecular weight is 454 g/mol. The van der Waals surface area contributed by atoms with Crippen LogP contribution in [0.1, 0.15) is 70.6 Å². The molecule has 178 valence electrons. The second kappa shape index (κ2) is 11.6. The van der Waals surface area contributed by atoms with Gasteiger partial charge < -0.3 is 9.80 Å². The Kier molecular flexibility index (Phi) is 8.92. The number of halogens is 1. The van der Waals surface area contributed by atoms with Crippen LogP contribution in [0.25, 0.3) is 0 Å². The summed E-state index contributed by atoms with van der Waals surface area (Å²) in [6.45, 7) is 6.26. The normalized spacial score (nSPS) is 32.4. The summed E-state index contributed by atoms with van der Waals surface area (Å²) in [6, 6.07) is -0.159. The van der Waals surface area contributed by atoms with Crippen LogP contribution in [-0.4, -0.2) is 78.5 Å². The Hall–Kier alpha value is -0.400. The van der Waals surface area contributed by atoms with Gasteiger partial charge in [-0.2, -0.15) is 5.53 Å². The highest BCUT2D eigenvalue weighted by Gasteiger charge is 2.34. The summed E-state index contributed by atoms with van der Waals surface area (Å²) in [4.78, 5) is 17.7. The number of likely N-dealkylation sites (tertiary alicyclic amines) is 1. The van der Waals surface area contributed by atoms with Gasteiger partial charge >= 0.3 is 0 Å².